The van der Waals surface area contributed by atoms with Crippen LogP contribution < -0.4 is 16.8 Å². The van der Waals surface area contributed by atoms with Gasteiger partial charge in [-0.25, -0.2) is 4.98 Å². The number of allylic oxidation sites excluding steroid dienone is 1. The van der Waals surface area contributed by atoms with E-state index in [0.717, 1.165) is 32.6 Å². The zero-order valence-electron chi connectivity index (χ0n) is 16.6. The lowest BCUT2D eigenvalue weighted by Crippen LogP contribution is -2.32. The lowest BCUT2D eigenvalue weighted by molar-refractivity contribution is 0.0942. The normalized spacial score (nSPS) is 12.6. The summed E-state index contributed by atoms with van der Waals surface area (Å²) < 4.78 is 0. The molecular formula is C23H22N6OS. The van der Waals surface area contributed by atoms with Gasteiger partial charge in [0.2, 0.25) is 0 Å². The highest BCUT2D eigenvalue weighted by Gasteiger charge is 2.21. The Bertz CT molecular complexity index is 1260. The van der Waals surface area contributed by atoms with Crippen LogP contribution in [0.1, 0.15) is 26.8 Å². The fourth-order valence-corrected chi connectivity index (χ4v) is 4.61. The molecule has 0 spiro atoms. The zero-order chi connectivity index (χ0) is 21.8. The molecule has 0 saturated heterocycles. The van der Waals surface area contributed by atoms with E-state index in [2.05, 4.69) is 15.3 Å². The van der Waals surface area contributed by atoms with E-state index in [1.807, 2.05) is 48.7 Å². The van der Waals surface area contributed by atoms with Crippen molar-refractivity contribution in [3.05, 3.63) is 83.1 Å². The zero-order valence-corrected chi connectivity index (χ0v) is 17.4. The molecule has 0 fully saturated rings. The first-order chi connectivity index (χ1) is 15.2. The van der Waals surface area contributed by atoms with Gasteiger partial charge in [0, 0.05) is 58.3 Å². The predicted molar refractivity (Wildman–Crippen MR) is 126 cm³/mol. The van der Waals surface area contributed by atoms with Crippen LogP contribution in [0.3, 0.4) is 0 Å². The first-order valence-electron chi connectivity index (χ1n) is 9.71. The molecule has 8 heteroatoms. The molecule has 4 rings (SSSR count). The van der Waals surface area contributed by atoms with Gasteiger partial charge in [0.1, 0.15) is 5.65 Å². The molecule has 0 aliphatic carbocycles. The smallest absolute Gasteiger partial charge is 0.261 e. The van der Waals surface area contributed by atoms with Crippen LogP contribution in [-0.2, 0) is 0 Å². The van der Waals surface area contributed by atoms with Crippen LogP contribution >= 0.6 is 11.3 Å². The average molecular weight is 431 g/mol. The van der Waals surface area contributed by atoms with Gasteiger partial charge in [0.25, 0.3) is 5.91 Å². The Hall–Kier alpha value is -3.75. The summed E-state index contributed by atoms with van der Waals surface area (Å²) in [6, 6.07) is 14.9. The van der Waals surface area contributed by atoms with Gasteiger partial charge in [-0.1, -0.05) is 30.3 Å². The maximum atomic E-state index is 13.1. The van der Waals surface area contributed by atoms with E-state index >= 15 is 0 Å². The fraction of sp³-hybridized carbons (Fsp3) is 0.0870. The molecule has 1 unspecified atom stereocenters. The van der Waals surface area contributed by atoms with E-state index in [9.17, 15) is 4.79 Å². The molecule has 1 atom stereocenters. The van der Waals surface area contributed by atoms with Crippen LogP contribution in [0.25, 0.3) is 27.0 Å². The third-order valence-electron chi connectivity index (χ3n) is 5.05. The second kappa shape index (κ2) is 8.95. The number of hydrogen-bond acceptors (Lipinski definition) is 6. The standard InChI is InChI=1S/C23H22N6OS/c24-11-15(12-25)18-10-20(23(30)29-19(13-26)14-4-2-1-3-5-14)31-21(18)16-6-8-27-22-17(16)7-9-28-22/h1-12,19,24H,13,25-26H2,(H,27,28)(H,29,30)/b15-12+,24-11?. The van der Waals surface area contributed by atoms with Crippen molar-refractivity contribution in [1.29, 1.82) is 5.41 Å². The number of thiophene rings is 1. The van der Waals surface area contributed by atoms with Gasteiger partial charge < -0.3 is 27.2 Å². The maximum Gasteiger partial charge on any atom is 0.261 e. The molecule has 3 heterocycles. The molecule has 0 radical (unpaired) electrons. The lowest BCUT2D eigenvalue weighted by atomic mass is 10.0. The van der Waals surface area contributed by atoms with Crippen molar-refractivity contribution in [2.75, 3.05) is 6.54 Å². The number of fused-ring (bicyclic) bond motifs is 1. The number of carbonyl (C=O) groups is 1. The first-order valence-corrected chi connectivity index (χ1v) is 10.5. The summed E-state index contributed by atoms with van der Waals surface area (Å²) in [5.41, 5.74) is 15.6. The molecule has 7 N–H and O–H groups in total. The number of benzene rings is 1. The largest absolute Gasteiger partial charge is 0.404 e. The fourth-order valence-electron chi connectivity index (χ4n) is 3.49. The Morgan fingerprint density at radius 1 is 1.26 bits per heavy atom. The molecule has 0 aliphatic heterocycles. The molecule has 1 amide bonds. The molecule has 4 aromatic rings. The third-order valence-corrected chi connectivity index (χ3v) is 6.22. The summed E-state index contributed by atoms with van der Waals surface area (Å²) in [4.78, 5) is 21.9. The monoisotopic (exact) mass is 430 g/mol. The second-order valence-electron chi connectivity index (χ2n) is 6.89. The highest BCUT2D eigenvalue weighted by atomic mass is 32.1. The van der Waals surface area contributed by atoms with Crippen molar-refractivity contribution in [2.24, 2.45) is 11.5 Å². The van der Waals surface area contributed by atoms with Crippen LogP contribution in [0.15, 0.2) is 67.1 Å². The number of nitrogens with one attached hydrogen (secondary N) is 3. The molecule has 0 saturated carbocycles. The summed E-state index contributed by atoms with van der Waals surface area (Å²) in [6.07, 6.45) is 6.11. The summed E-state index contributed by atoms with van der Waals surface area (Å²) >= 11 is 1.35. The number of pyridine rings is 1. The van der Waals surface area contributed by atoms with Crippen molar-refractivity contribution in [3.63, 3.8) is 0 Å². The first kappa shape index (κ1) is 20.5. The summed E-state index contributed by atoms with van der Waals surface area (Å²) in [5, 5.41) is 11.7. The van der Waals surface area contributed by atoms with Gasteiger partial charge in [0.05, 0.1) is 10.9 Å². The Kier molecular flexibility index (Phi) is 5.92. The van der Waals surface area contributed by atoms with E-state index in [4.69, 9.17) is 16.9 Å². The SMILES string of the molecule is N=C/C(=C\N)c1cc(C(=O)NC(CN)c2ccccc2)sc1-c1ccnc2[nH]ccc12. The number of hydrogen-bond donors (Lipinski definition) is 5. The number of nitrogens with two attached hydrogens (primary N) is 2. The minimum atomic E-state index is -0.299. The van der Waals surface area contributed by atoms with Crippen LogP contribution in [0.4, 0.5) is 0 Å². The number of aromatic nitrogens is 2. The highest BCUT2D eigenvalue weighted by molar-refractivity contribution is 7.17. The topological polar surface area (TPSA) is 134 Å². The van der Waals surface area contributed by atoms with Crippen molar-refractivity contribution < 1.29 is 4.79 Å². The molecule has 0 bridgehead atoms. The summed E-state index contributed by atoms with van der Waals surface area (Å²) in [5.74, 6) is -0.225. The Morgan fingerprint density at radius 3 is 2.77 bits per heavy atom. The van der Waals surface area contributed by atoms with Gasteiger partial charge in [-0.05, 0) is 23.8 Å². The minimum Gasteiger partial charge on any atom is -0.404 e. The Labute approximate surface area is 183 Å². The van der Waals surface area contributed by atoms with Crippen LogP contribution in [0, 0.1) is 5.41 Å². The molecular weight excluding hydrogens is 408 g/mol. The number of H-pyrrole nitrogens is 1. The number of aromatic amines is 1. The van der Waals surface area contributed by atoms with Crippen molar-refractivity contribution in [2.45, 2.75) is 6.04 Å². The average Bonchev–Trinajstić information content (AvgIpc) is 3.46. The number of carbonyl (C=O) groups excluding carboxylic acids is 1. The van der Waals surface area contributed by atoms with Crippen LogP contribution in [0.5, 0.6) is 0 Å². The van der Waals surface area contributed by atoms with E-state index in [0.29, 0.717) is 10.5 Å². The second-order valence-corrected chi connectivity index (χ2v) is 7.94. The highest BCUT2D eigenvalue weighted by Crippen LogP contribution is 2.39. The number of amides is 1. The number of nitrogens with zero attached hydrogens (tertiary/aromatic N) is 1. The molecule has 1 aromatic carbocycles. The molecule has 7 nitrogen and oxygen atoms in total. The van der Waals surface area contributed by atoms with E-state index in [-0.39, 0.29) is 18.5 Å². The van der Waals surface area contributed by atoms with Crippen LogP contribution in [-0.4, -0.2) is 28.6 Å². The van der Waals surface area contributed by atoms with Gasteiger partial charge in [0.15, 0.2) is 0 Å². The van der Waals surface area contributed by atoms with Gasteiger partial charge >= 0.3 is 0 Å². The van der Waals surface area contributed by atoms with Gasteiger partial charge in [-0.15, -0.1) is 11.3 Å². The predicted octanol–water partition coefficient (Wildman–Crippen LogP) is 3.67. The van der Waals surface area contributed by atoms with E-state index < -0.39 is 0 Å². The molecule has 156 valence electrons. The number of rotatable bonds is 7. The van der Waals surface area contributed by atoms with E-state index in [1.165, 1.54) is 23.8 Å². The Morgan fingerprint density at radius 2 is 2.06 bits per heavy atom. The van der Waals surface area contributed by atoms with Crippen molar-refractivity contribution in [1.82, 2.24) is 15.3 Å². The summed E-state index contributed by atoms with van der Waals surface area (Å²) in [6.45, 7) is 0.281. The van der Waals surface area contributed by atoms with Crippen molar-refractivity contribution >= 4 is 40.1 Å². The summed E-state index contributed by atoms with van der Waals surface area (Å²) in [7, 11) is 0. The molecule has 3 aromatic heterocycles. The maximum absolute atomic E-state index is 13.1. The third kappa shape index (κ3) is 3.98. The quantitative estimate of drug-likeness (QED) is 0.286. The Balaban J connectivity index is 1.76. The van der Waals surface area contributed by atoms with Crippen LogP contribution in [0.2, 0.25) is 0 Å². The van der Waals surface area contributed by atoms with E-state index in [1.54, 1.807) is 12.3 Å². The molecule has 0 aliphatic rings. The van der Waals surface area contributed by atoms with Gasteiger partial charge in [-0.3, -0.25) is 4.79 Å². The van der Waals surface area contributed by atoms with Crippen molar-refractivity contribution in [3.8, 4) is 10.4 Å². The minimum absolute atomic E-state index is 0.225. The van der Waals surface area contributed by atoms with Gasteiger partial charge in [-0.2, -0.15) is 0 Å². The molecule has 31 heavy (non-hydrogen) atoms. The lowest BCUT2D eigenvalue weighted by Gasteiger charge is -2.16.